The predicted molar refractivity (Wildman–Crippen MR) is 81.4 cm³/mol. The fraction of sp³-hybridized carbons (Fsp3) is 0.438. The molecule has 2 rings (SSSR count). The van der Waals surface area contributed by atoms with Crippen molar-refractivity contribution in [3.05, 3.63) is 29.8 Å². The summed E-state index contributed by atoms with van der Waals surface area (Å²) in [5.74, 6) is -0.711. The molecular weight excluding hydrogens is 284 g/mol. The molecule has 6 nitrogen and oxygen atoms in total. The van der Waals surface area contributed by atoms with Gasteiger partial charge in [-0.15, -0.1) is 0 Å². The van der Waals surface area contributed by atoms with Gasteiger partial charge in [0.2, 0.25) is 11.8 Å². The third-order valence-electron chi connectivity index (χ3n) is 3.81. The third kappa shape index (κ3) is 3.84. The van der Waals surface area contributed by atoms with Crippen molar-refractivity contribution in [3.63, 3.8) is 0 Å². The van der Waals surface area contributed by atoms with Crippen molar-refractivity contribution >= 4 is 23.5 Å². The molecule has 1 atom stereocenters. The molecule has 1 fully saturated rings. The minimum absolute atomic E-state index is 0.0000640. The summed E-state index contributed by atoms with van der Waals surface area (Å²) < 4.78 is 4.62. The summed E-state index contributed by atoms with van der Waals surface area (Å²) in [5, 5.41) is 2.83. The number of nitrogens with zero attached hydrogens (tertiary/aromatic N) is 1. The Morgan fingerprint density at radius 2 is 1.91 bits per heavy atom. The molecule has 1 heterocycles. The first-order valence-electron chi connectivity index (χ1n) is 7.26. The molecule has 6 heteroatoms. The molecule has 0 aliphatic carbocycles. The number of likely N-dealkylation sites (tertiary alicyclic amines) is 1. The van der Waals surface area contributed by atoms with Gasteiger partial charge >= 0.3 is 5.97 Å². The number of anilines is 1. The van der Waals surface area contributed by atoms with Crippen molar-refractivity contribution in [2.24, 2.45) is 5.92 Å². The largest absolute Gasteiger partial charge is 0.465 e. The number of methoxy groups -OCH3 is 1. The van der Waals surface area contributed by atoms with Gasteiger partial charge in [-0.1, -0.05) is 0 Å². The summed E-state index contributed by atoms with van der Waals surface area (Å²) in [7, 11) is 1.32. The highest BCUT2D eigenvalue weighted by Gasteiger charge is 2.27. The SMILES string of the molecule is COC(=O)c1ccc(NC(=O)[C@@H]2CCCN(C(C)=O)C2)cc1. The molecule has 118 valence electrons. The summed E-state index contributed by atoms with van der Waals surface area (Å²) in [6, 6.07) is 6.53. The molecule has 0 radical (unpaired) electrons. The standard InChI is InChI=1S/C16H20N2O4/c1-11(19)18-9-3-4-13(10-18)15(20)17-14-7-5-12(6-8-14)16(21)22-2/h5-8,13H,3-4,9-10H2,1-2H3,(H,17,20)/t13-/m1/s1. The van der Waals surface area contributed by atoms with Gasteiger partial charge in [0.05, 0.1) is 18.6 Å². The highest BCUT2D eigenvalue weighted by molar-refractivity contribution is 5.94. The van der Waals surface area contributed by atoms with Crippen LogP contribution in [-0.4, -0.2) is 42.9 Å². The lowest BCUT2D eigenvalue weighted by atomic mass is 9.97. The number of carbonyl (C=O) groups excluding carboxylic acids is 3. The zero-order valence-electron chi connectivity index (χ0n) is 12.8. The number of carbonyl (C=O) groups is 3. The number of esters is 1. The van der Waals surface area contributed by atoms with Crippen LogP contribution < -0.4 is 5.32 Å². The molecule has 1 aromatic carbocycles. The molecule has 1 aliphatic rings. The van der Waals surface area contributed by atoms with Crippen molar-refractivity contribution < 1.29 is 19.1 Å². The first-order chi connectivity index (χ1) is 10.5. The Morgan fingerprint density at radius 3 is 2.50 bits per heavy atom. The smallest absolute Gasteiger partial charge is 0.337 e. The lowest BCUT2D eigenvalue weighted by Gasteiger charge is -2.31. The van der Waals surface area contributed by atoms with Crippen molar-refractivity contribution in [2.75, 3.05) is 25.5 Å². The molecule has 0 unspecified atom stereocenters. The van der Waals surface area contributed by atoms with E-state index in [9.17, 15) is 14.4 Å². The summed E-state index contributed by atoms with van der Waals surface area (Å²) in [4.78, 5) is 36.7. The van der Waals surface area contributed by atoms with Crippen LogP contribution in [0.5, 0.6) is 0 Å². The Labute approximate surface area is 129 Å². The number of amides is 2. The molecule has 0 spiro atoms. The van der Waals surface area contributed by atoms with Gasteiger partial charge in [-0.2, -0.15) is 0 Å². The van der Waals surface area contributed by atoms with Crippen molar-refractivity contribution in [1.82, 2.24) is 4.90 Å². The number of hydrogen-bond acceptors (Lipinski definition) is 4. The van der Waals surface area contributed by atoms with E-state index >= 15 is 0 Å². The zero-order valence-corrected chi connectivity index (χ0v) is 12.8. The summed E-state index contributed by atoms with van der Waals surface area (Å²) in [6.07, 6.45) is 1.61. The highest BCUT2D eigenvalue weighted by atomic mass is 16.5. The minimum atomic E-state index is -0.415. The first kappa shape index (κ1) is 16.0. The molecule has 2 amide bonds. The maximum absolute atomic E-state index is 12.3. The molecular formula is C16H20N2O4. The summed E-state index contributed by atoms with van der Waals surface area (Å²) >= 11 is 0. The van der Waals surface area contributed by atoms with Crippen LogP contribution in [0.2, 0.25) is 0 Å². The molecule has 1 aromatic rings. The molecule has 1 saturated heterocycles. The van der Waals surface area contributed by atoms with Gasteiger partial charge in [-0.25, -0.2) is 4.79 Å². The number of hydrogen-bond donors (Lipinski definition) is 1. The van der Waals surface area contributed by atoms with Crippen LogP contribution in [0.4, 0.5) is 5.69 Å². The number of nitrogens with one attached hydrogen (secondary N) is 1. The zero-order chi connectivity index (χ0) is 16.1. The Kier molecular flexibility index (Phi) is 5.14. The lowest BCUT2D eigenvalue weighted by molar-refractivity contribution is -0.132. The van der Waals surface area contributed by atoms with E-state index in [0.29, 0.717) is 24.3 Å². The van der Waals surface area contributed by atoms with Crippen LogP contribution in [0.1, 0.15) is 30.1 Å². The molecule has 22 heavy (non-hydrogen) atoms. The monoisotopic (exact) mass is 304 g/mol. The van der Waals surface area contributed by atoms with Gasteiger partial charge in [-0.3, -0.25) is 9.59 Å². The second-order valence-electron chi connectivity index (χ2n) is 5.36. The third-order valence-corrected chi connectivity index (χ3v) is 3.81. The minimum Gasteiger partial charge on any atom is -0.465 e. The normalized spacial score (nSPS) is 17.7. The van der Waals surface area contributed by atoms with Gasteiger partial charge in [0.1, 0.15) is 0 Å². The van der Waals surface area contributed by atoms with Gasteiger partial charge in [0.15, 0.2) is 0 Å². The molecule has 1 N–H and O–H groups in total. The average molecular weight is 304 g/mol. The van der Waals surface area contributed by atoms with Gasteiger partial charge in [0, 0.05) is 25.7 Å². The van der Waals surface area contributed by atoms with Crippen molar-refractivity contribution in [1.29, 1.82) is 0 Å². The van der Waals surface area contributed by atoms with Gasteiger partial charge in [0.25, 0.3) is 0 Å². The summed E-state index contributed by atoms with van der Waals surface area (Å²) in [6.45, 7) is 2.69. The van der Waals surface area contributed by atoms with E-state index in [1.807, 2.05) is 0 Å². The molecule has 0 bridgehead atoms. The Hall–Kier alpha value is -2.37. The number of benzene rings is 1. The predicted octanol–water partition coefficient (Wildman–Crippen LogP) is 1.67. The second kappa shape index (κ2) is 7.06. The van der Waals surface area contributed by atoms with Crippen LogP contribution in [0, 0.1) is 5.92 Å². The maximum atomic E-state index is 12.3. The van der Waals surface area contributed by atoms with E-state index in [0.717, 1.165) is 12.8 Å². The Bertz CT molecular complexity index is 568. The number of rotatable bonds is 3. The van der Waals surface area contributed by atoms with Gasteiger partial charge in [-0.05, 0) is 37.1 Å². The summed E-state index contributed by atoms with van der Waals surface area (Å²) in [5.41, 5.74) is 1.05. The van der Waals surface area contributed by atoms with Crippen molar-refractivity contribution in [3.8, 4) is 0 Å². The number of piperidine rings is 1. The van der Waals surface area contributed by atoms with E-state index in [-0.39, 0.29) is 17.7 Å². The van der Waals surface area contributed by atoms with Crippen LogP contribution in [0.25, 0.3) is 0 Å². The van der Waals surface area contributed by atoms with E-state index in [1.54, 1.807) is 29.2 Å². The molecule has 0 aromatic heterocycles. The van der Waals surface area contributed by atoms with E-state index in [4.69, 9.17) is 0 Å². The highest BCUT2D eigenvalue weighted by Crippen LogP contribution is 2.19. The Morgan fingerprint density at radius 1 is 1.23 bits per heavy atom. The van der Waals surface area contributed by atoms with E-state index < -0.39 is 5.97 Å². The lowest BCUT2D eigenvalue weighted by Crippen LogP contribution is -2.42. The van der Waals surface area contributed by atoms with Crippen LogP contribution in [0.15, 0.2) is 24.3 Å². The fourth-order valence-corrected chi connectivity index (χ4v) is 2.53. The average Bonchev–Trinajstić information content (AvgIpc) is 2.54. The number of ether oxygens (including phenoxy) is 1. The van der Waals surface area contributed by atoms with Crippen LogP contribution in [0.3, 0.4) is 0 Å². The second-order valence-corrected chi connectivity index (χ2v) is 5.36. The first-order valence-corrected chi connectivity index (χ1v) is 7.26. The van der Waals surface area contributed by atoms with Crippen LogP contribution in [-0.2, 0) is 14.3 Å². The fourth-order valence-electron chi connectivity index (χ4n) is 2.53. The van der Waals surface area contributed by atoms with Crippen molar-refractivity contribution in [2.45, 2.75) is 19.8 Å². The molecule has 1 aliphatic heterocycles. The maximum Gasteiger partial charge on any atom is 0.337 e. The van der Waals surface area contributed by atoms with Gasteiger partial charge < -0.3 is 15.0 Å². The van der Waals surface area contributed by atoms with Crippen LogP contribution >= 0.6 is 0 Å². The van der Waals surface area contributed by atoms with E-state index in [1.165, 1.54) is 14.0 Å². The van der Waals surface area contributed by atoms with E-state index in [2.05, 4.69) is 10.1 Å². The molecule has 0 saturated carbocycles. The quantitative estimate of drug-likeness (QED) is 0.862. The Balaban J connectivity index is 1.96. The topological polar surface area (TPSA) is 75.7 Å².